The molecule has 0 atom stereocenters. The Morgan fingerprint density at radius 3 is 2.67 bits per heavy atom. The molecule has 0 aliphatic heterocycles. The molecule has 0 aliphatic rings. The molecule has 2 rings (SSSR count). The summed E-state index contributed by atoms with van der Waals surface area (Å²) in [6.45, 7) is 0.874. The van der Waals surface area contributed by atoms with Gasteiger partial charge in [0.1, 0.15) is 12.4 Å². The van der Waals surface area contributed by atoms with Crippen LogP contribution in [0.3, 0.4) is 0 Å². The highest BCUT2D eigenvalue weighted by Crippen LogP contribution is 2.07. The van der Waals surface area contributed by atoms with Crippen LogP contribution in [0.4, 0.5) is 0 Å². The summed E-state index contributed by atoms with van der Waals surface area (Å²) in [5.41, 5.74) is 1.14. The molecule has 0 bridgehead atoms. The summed E-state index contributed by atoms with van der Waals surface area (Å²) in [5, 5.41) is 0. The van der Waals surface area contributed by atoms with Gasteiger partial charge in [-0.1, -0.05) is 42.5 Å². The average Bonchev–Trinajstić information content (AvgIpc) is 2.87. The number of ether oxygens (including phenoxy) is 1. The maximum atomic E-state index is 10.4. The number of hydrogen-bond donors (Lipinski definition) is 0. The monoisotopic (exact) mass is 242 g/mol. The number of carbonyl (C=O) groups is 1. The van der Waals surface area contributed by atoms with Gasteiger partial charge in [-0.2, -0.15) is 0 Å². The van der Waals surface area contributed by atoms with Gasteiger partial charge in [0.15, 0.2) is 12.0 Å². The fourth-order valence-electron chi connectivity index (χ4n) is 1.51. The van der Waals surface area contributed by atoms with E-state index in [4.69, 9.17) is 9.15 Å². The van der Waals surface area contributed by atoms with Gasteiger partial charge in [0.2, 0.25) is 0 Å². The highest BCUT2D eigenvalue weighted by Gasteiger charge is 1.99. The van der Waals surface area contributed by atoms with E-state index in [9.17, 15) is 4.79 Å². The molecule has 3 nitrogen and oxygen atoms in total. The molecule has 1 aromatic carbocycles. The van der Waals surface area contributed by atoms with Gasteiger partial charge in [0.25, 0.3) is 0 Å². The highest BCUT2D eigenvalue weighted by atomic mass is 16.5. The quantitative estimate of drug-likeness (QED) is 0.576. The van der Waals surface area contributed by atoms with Gasteiger partial charge in [0, 0.05) is 0 Å². The number of aldehydes is 1. The van der Waals surface area contributed by atoms with Crippen LogP contribution < -0.4 is 0 Å². The largest absolute Gasteiger partial charge is 0.456 e. The summed E-state index contributed by atoms with van der Waals surface area (Å²) in [7, 11) is 0. The lowest BCUT2D eigenvalue weighted by Crippen LogP contribution is -1.90. The second kappa shape index (κ2) is 6.57. The first-order chi connectivity index (χ1) is 8.88. The van der Waals surface area contributed by atoms with Gasteiger partial charge in [0.05, 0.1) is 6.61 Å². The van der Waals surface area contributed by atoms with E-state index in [1.165, 1.54) is 0 Å². The van der Waals surface area contributed by atoms with Crippen molar-refractivity contribution in [3.8, 4) is 0 Å². The van der Waals surface area contributed by atoms with Crippen LogP contribution in [-0.2, 0) is 11.3 Å². The molecule has 0 aliphatic carbocycles. The zero-order valence-corrected chi connectivity index (χ0v) is 9.91. The van der Waals surface area contributed by atoms with Gasteiger partial charge < -0.3 is 9.15 Å². The Labute approximate surface area is 106 Å². The minimum absolute atomic E-state index is 0.327. The highest BCUT2D eigenvalue weighted by molar-refractivity contribution is 5.70. The van der Waals surface area contributed by atoms with Crippen molar-refractivity contribution in [3.05, 3.63) is 65.6 Å². The van der Waals surface area contributed by atoms with Crippen LogP contribution in [0.2, 0.25) is 0 Å². The third-order valence-electron chi connectivity index (χ3n) is 2.37. The van der Waals surface area contributed by atoms with Crippen molar-refractivity contribution in [2.24, 2.45) is 0 Å². The molecule has 0 unspecified atom stereocenters. The lowest BCUT2D eigenvalue weighted by atomic mass is 10.2. The molecular formula is C15H14O3. The molecule has 1 heterocycles. The van der Waals surface area contributed by atoms with Crippen LogP contribution in [0, 0.1) is 0 Å². The van der Waals surface area contributed by atoms with Crippen molar-refractivity contribution in [3.63, 3.8) is 0 Å². The standard InChI is InChI=1S/C15H14O3/c16-11-14-8-9-15(18-14)12-17-10-4-7-13-5-2-1-3-6-13/h1-9,11H,10,12H2/b7-4+. The Morgan fingerprint density at radius 2 is 1.94 bits per heavy atom. The maximum absolute atomic E-state index is 10.4. The molecule has 0 saturated carbocycles. The molecule has 0 amide bonds. The Hall–Kier alpha value is -2.13. The zero-order chi connectivity index (χ0) is 12.6. The summed E-state index contributed by atoms with van der Waals surface area (Å²) in [5.74, 6) is 0.985. The van der Waals surface area contributed by atoms with Gasteiger partial charge >= 0.3 is 0 Å². The molecule has 0 radical (unpaired) electrons. The number of rotatable bonds is 6. The van der Waals surface area contributed by atoms with E-state index in [2.05, 4.69) is 0 Å². The molecule has 0 saturated heterocycles. The smallest absolute Gasteiger partial charge is 0.185 e. The summed E-state index contributed by atoms with van der Waals surface area (Å²) in [6.07, 6.45) is 4.62. The number of benzene rings is 1. The summed E-state index contributed by atoms with van der Waals surface area (Å²) < 4.78 is 10.6. The van der Waals surface area contributed by atoms with E-state index in [-0.39, 0.29) is 0 Å². The van der Waals surface area contributed by atoms with Gasteiger partial charge in [-0.15, -0.1) is 0 Å². The minimum atomic E-state index is 0.327. The van der Waals surface area contributed by atoms with Gasteiger partial charge in [-0.05, 0) is 17.7 Å². The van der Waals surface area contributed by atoms with E-state index >= 15 is 0 Å². The molecule has 3 heteroatoms. The summed E-state index contributed by atoms with van der Waals surface area (Å²) >= 11 is 0. The second-order valence-corrected chi connectivity index (χ2v) is 3.75. The van der Waals surface area contributed by atoms with Gasteiger partial charge in [-0.3, -0.25) is 4.79 Å². The number of carbonyl (C=O) groups excluding carboxylic acids is 1. The van der Waals surface area contributed by atoms with Gasteiger partial charge in [-0.25, -0.2) is 0 Å². The predicted octanol–water partition coefficient (Wildman–Crippen LogP) is 3.32. The van der Waals surface area contributed by atoms with Crippen LogP contribution in [0.1, 0.15) is 21.9 Å². The molecular weight excluding hydrogens is 228 g/mol. The molecule has 1 aromatic heterocycles. The molecule has 0 spiro atoms. The molecule has 2 aromatic rings. The number of furan rings is 1. The van der Waals surface area contributed by atoms with Crippen LogP contribution in [0.15, 0.2) is 53.0 Å². The second-order valence-electron chi connectivity index (χ2n) is 3.75. The first-order valence-electron chi connectivity index (χ1n) is 5.72. The molecule has 92 valence electrons. The molecule has 18 heavy (non-hydrogen) atoms. The van der Waals surface area contributed by atoms with Crippen molar-refractivity contribution < 1.29 is 13.9 Å². The van der Waals surface area contributed by atoms with Crippen LogP contribution in [0.25, 0.3) is 6.08 Å². The Bertz CT molecular complexity index is 512. The first kappa shape index (κ1) is 12.3. The molecule has 0 N–H and O–H groups in total. The third kappa shape index (κ3) is 3.71. The van der Waals surface area contributed by atoms with Crippen molar-refractivity contribution in [2.75, 3.05) is 6.61 Å². The molecule has 0 fully saturated rings. The Kier molecular flexibility index (Phi) is 4.50. The topological polar surface area (TPSA) is 39.4 Å². The average molecular weight is 242 g/mol. The van der Waals surface area contributed by atoms with Crippen LogP contribution in [-0.4, -0.2) is 12.9 Å². The minimum Gasteiger partial charge on any atom is -0.456 e. The lowest BCUT2D eigenvalue weighted by molar-refractivity contribution is 0.108. The van der Waals surface area contributed by atoms with E-state index in [0.717, 1.165) is 5.56 Å². The normalized spacial score (nSPS) is 10.9. The van der Waals surface area contributed by atoms with E-state index in [1.54, 1.807) is 12.1 Å². The van der Waals surface area contributed by atoms with E-state index in [0.29, 0.717) is 31.0 Å². The number of hydrogen-bond acceptors (Lipinski definition) is 3. The Balaban J connectivity index is 1.73. The van der Waals surface area contributed by atoms with E-state index < -0.39 is 0 Å². The van der Waals surface area contributed by atoms with Crippen molar-refractivity contribution in [1.29, 1.82) is 0 Å². The van der Waals surface area contributed by atoms with Crippen LogP contribution >= 0.6 is 0 Å². The van der Waals surface area contributed by atoms with Crippen molar-refractivity contribution in [1.82, 2.24) is 0 Å². The Morgan fingerprint density at radius 1 is 1.11 bits per heavy atom. The zero-order valence-electron chi connectivity index (χ0n) is 9.91. The fourth-order valence-corrected chi connectivity index (χ4v) is 1.51. The van der Waals surface area contributed by atoms with Crippen molar-refractivity contribution in [2.45, 2.75) is 6.61 Å². The fraction of sp³-hybridized carbons (Fsp3) is 0.133. The summed E-state index contributed by atoms with van der Waals surface area (Å²) in [4.78, 5) is 10.4. The predicted molar refractivity (Wildman–Crippen MR) is 69.2 cm³/mol. The van der Waals surface area contributed by atoms with Crippen LogP contribution in [0.5, 0.6) is 0 Å². The summed E-state index contributed by atoms with van der Waals surface area (Å²) in [6, 6.07) is 13.4. The van der Waals surface area contributed by atoms with E-state index in [1.807, 2.05) is 42.5 Å². The lowest BCUT2D eigenvalue weighted by Gasteiger charge is -1.97. The maximum Gasteiger partial charge on any atom is 0.185 e. The van der Waals surface area contributed by atoms with Crippen molar-refractivity contribution >= 4 is 12.4 Å². The first-order valence-corrected chi connectivity index (χ1v) is 5.72. The third-order valence-corrected chi connectivity index (χ3v) is 2.37. The SMILES string of the molecule is O=Cc1ccc(COC/C=C/c2ccccc2)o1.